The fourth-order valence-electron chi connectivity index (χ4n) is 2.62. The summed E-state index contributed by atoms with van der Waals surface area (Å²) >= 11 is 0. The molecule has 16 heavy (non-hydrogen) atoms. The third-order valence-corrected chi connectivity index (χ3v) is 3.60. The minimum Gasteiger partial charge on any atom is -0.461 e. The molecule has 2 aromatic rings. The molecule has 1 aliphatic heterocycles. The minimum atomic E-state index is 0.577. The van der Waals surface area contributed by atoms with Gasteiger partial charge in [0.25, 0.3) is 0 Å². The highest BCUT2D eigenvalue weighted by Gasteiger charge is 2.25. The highest BCUT2D eigenvalue weighted by molar-refractivity contribution is 5.77. The van der Waals surface area contributed by atoms with Gasteiger partial charge >= 0.3 is 0 Å². The molecule has 0 saturated carbocycles. The van der Waals surface area contributed by atoms with Gasteiger partial charge in [0.2, 0.25) is 0 Å². The summed E-state index contributed by atoms with van der Waals surface area (Å²) in [6, 6.07) is 10.5. The lowest BCUT2D eigenvalue weighted by molar-refractivity contribution is 0.311. The van der Waals surface area contributed by atoms with Crippen molar-refractivity contribution >= 4 is 11.0 Å². The van der Waals surface area contributed by atoms with Crippen LogP contribution < -0.4 is 5.32 Å². The predicted molar refractivity (Wildman–Crippen MR) is 65.6 cm³/mol. The number of para-hydroxylation sites is 1. The number of rotatable bonds is 1. The molecule has 1 aromatic carbocycles. The predicted octanol–water partition coefficient (Wildman–Crippen LogP) is 3.15. The van der Waals surface area contributed by atoms with E-state index in [1.54, 1.807) is 0 Å². The topological polar surface area (TPSA) is 25.2 Å². The molecule has 3 rings (SSSR count). The fourth-order valence-corrected chi connectivity index (χ4v) is 2.62. The molecule has 1 fully saturated rings. The van der Waals surface area contributed by atoms with E-state index in [9.17, 15) is 0 Å². The Morgan fingerprint density at radius 2 is 2.19 bits per heavy atom. The number of hydrogen-bond acceptors (Lipinski definition) is 2. The van der Waals surface area contributed by atoms with Gasteiger partial charge in [0.15, 0.2) is 0 Å². The molecule has 1 aliphatic rings. The maximum absolute atomic E-state index is 5.95. The molecule has 0 spiro atoms. The van der Waals surface area contributed by atoms with Crippen molar-refractivity contribution in [1.29, 1.82) is 0 Å². The lowest BCUT2D eigenvalue weighted by Crippen LogP contribution is -2.33. The number of fused-ring (bicyclic) bond motifs is 1. The molecular weight excluding hydrogens is 198 g/mol. The van der Waals surface area contributed by atoms with Gasteiger partial charge in [-0.1, -0.05) is 25.1 Å². The fraction of sp³-hybridized carbons (Fsp3) is 0.429. The number of benzene rings is 1. The van der Waals surface area contributed by atoms with Crippen LogP contribution in [-0.2, 0) is 0 Å². The molecule has 1 aromatic heterocycles. The van der Waals surface area contributed by atoms with Crippen LogP contribution in [0.4, 0.5) is 0 Å². The molecule has 0 amide bonds. The zero-order valence-electron chi connectivity index (χ0n) is 9.57. The van der Waals surface area contributed by atoms with E-state index >= 15 is 0 Å². The monoisotopic (exact) mass is 215 g/mol. The van der Waals surface area contributed by atoms with Crippen molar-refractivity contribution in [3.63, 3.8) is 0 Å². The zero-order chi connectivity index (χ0) is 11.0. The van der Waals surface area contributed by atoms with Gasteiger partial charge in [-0.15, -0.1) is 0 Å². The van der Waals surface area contributed by atoms with Crippen LogP contribution in [0.15, 0.2) is 34.7 Å². The summed E-state index contributed by atoms with van der Waals surface area (Å²) in [5.74, 6) is 2.40. The molecule has 2 heterocycles. The maximum Gasteiger partial charge on any atom is 0.134 e. The number of nitrogens with one attached hydrogen (secondary N) is 1. The van der Waals surface area contributed by atoms with Gasteiger partial charge in [-0.2, -0.15) is 0 Å². The van der Waals surface area contributed by atoms with Gasteiger partial charge in [0.05, 0.1) is 0 Å². The molecule has 2 atom stereocenters. The molecule has 2 nitrogen and oxygen atoms in total. The summed E-state index contributed by atoms with van der Waals surface area (Å²) in [6.07, 6.45) is 1.18. The molecule has 2 unspecified atom stereocenters. The summed E-state index contributed by atoms with van der Waals surface area (Å²) in [5, 5.41) is 4.65. The van der Waals surface area contributed by atoms with Gasteiger partial charge < -0.3 is 9.73 Å². The van der Waals surface area contributed by atoms with E-state index in [0.29, 0.717) is 11.8 Å². The normalized spacial score (nSPS) is 26.1. The Morgan fingerprint density at radius 3 is 3.00 bits per heavy atom. The average molecular weight is 215 g/mol. The minimum absolute atomic E-state index is 0.577. The van der Waals surface area contributed by atoms with Crippen LogP contribution in [0.2, 0.25) is 0 Å². The van der Waals surface area contributed by atoms with Gasteiger partial charge in [-0.25, -0.2) is 0 Å². The van der Waals surface area contributed by atoms with Crippen molar-refractivity contribution in [1.82, 2.24) is 5.32 Å². The lowest BCUT2D eigenvalue weighted by atomic mass is 9.86. The zero-order valence-corrected chi connectivity index (χ0v) is 9.57. The Bertz CT molecular complexity index is 455. The third-order valence-electron chi connectivity index (χ3n) is 3.60. The van der Waals surface area contributed by atoms with Crippen LogP contribution in [0.25, 0.3) is 11.0 Å². The Kier molecular flexibility index (Phi) is 2.44. The third kappa shape index (κ3) is 1.63. The second-order valence-corrected chi connectivity index (χ2v) is 4.76. The molecule has 1 saturated heterocycles. The number of piperidine rings is 1. The second kappa shape index (κ2) is 3.95. The van der Waals surface area contributed by atoms with Crippen LogP contribution in [0.1, 0.15) is 25.0 Å². The van der Waals surface area contributed by atoms with Gasteiger partial charge in [0.1, 0.15) is 11.3 Å². The SMILES string of the molecule is CC1CNCCC1c1cc2ccccc2o1. The lowest BCUT2D eigenvalue weighted by Gasteiger charge is -2.27. The molecule has 0 aliphatic carbocycles. The van der Waals surface area contributed by atoms with Crippen LogP contribution >= 0.6 is 0 Å². The van der Waals surface area contributed by atoms with E-state index < -0.39 is 0 Å². The Morgan fingerprint density at radius 1 is 1.31 bits per heavy atom. The van der Waals surface area contributed by atoms with E-state index in [2.05, 4.69) is 30.4 Å². The van der Waals surface area contributed by atoms with Crippen molar-refractivity contribution < 1.29 is 4.42 Å². The molecule has 0 bridgehead atoms. The summed E-state index contributed by atoms with van der Waals surface area (Å²) in [7, 11) is 0. The first-order valence-corrected chi connectivity index (χ1v) is 6.04. The van der Waals surface area contributed by atoms with E-state index in [1.165, 1.54) is 11.8 Å². The number of hydrogen-bond donors (Lipinski definition) is 1. The van der Waals surface area contributed by atoms with Crippen LogP contribution in [0, 0.1) is 5.92 Å². The van der Waals surface area contributed by atoms with Crippen molar-refractivity contribution in [3.8, 4) is 0 Å². The largest absolute Gasteiger partial charge is 0.461 e. The first kappa shape index (κ1) is 9.91. The van der Waals surface area contributed by atoms with Crippen molar-refractivity contribution in [3.05, 3.63) is 36.1 Å². The Labute approximate surface area is 95.6 Å². The maximum atomic E-state index is 5.95. The summed E-state index contributed by atoms with van der Waals surface area (Å²) < 4.78 is 5.95. The smallest absolute Gasteiger partial charge is 0.134 e. The van der Waals surface area contributed by atoms with Gasteiger partial charge in [0, 0.05) is 11.3 Å². The second-order valence-electron chi connectivity index (χ2n) is 4.76. The van der Waals surface area contributed by atoms with E-state index in [4.69, 9.17) is 4.42 Å². The van der Waals surface area contributed by atoms with E-state index in [0.717, 1.165) is 24.4 Å². The van der Waals surface area contributed by atoms with Crippen LogP contribution in [0.5, 0.6) is 0 Å². The summed E-state index contributed by atoms with van der Waals surface area (Å²) in [6.45, 7) is 4.50. The van der Waals surface area contributed by atoms with Crippen LogP contribution in [-0.4, -0.2) is 13.1 Å². The van der Waals surface area contributed by atoms with E-state index in [1.807, 2.05) is 12.1 Å². The summed E-state index contributed by atoms with van der Waals surface area (Å²) in [4.78, 5) is 0. The van der Waals surface area contributed by atoms with Crippen molar-refractivity contribution in [2.24, 2.45) is 5.92 Å². The summed E-state index contributed by atoms with van der Waals surface area (Å²) in [5.41, 5.74) is 1.02. The standard InChI is InChI=1S/C14H17NO/c1-10-9-15-7-6-12(10)14-8-11-4-2-3-5-13(11)16-14/h2-5,8,10,12,15H,6-7,9H2,1H3. The average Bonchev–Trinajstić information content (AvgIpc) is 2.73. The van der Waals surface area contributed by atoms with E-state index in [-0.39, 0.29) is 0 Å². The first-order chi connectivity index (χ1) is 7.84. The highest BCUT2D eigenvalue weighted by atomic mass is 16.3. The Hall–Kier alpha value is -1.28. The van der Waals surface area contributed by atoms with Gasteiger partial charge in [-0.05, 0) is 37.6 Å². The van der Waals surface area contributed by atoms with Crippen LogP contribution in [0.3, 0.4) is 0 Å². The molecule has 2 heteroatoms. The molecule has 0 radical (unpaired) electrons. The highest BCUT2D eigenvalue weighted by Crippen LogP contribution is 2.33. The number of furan rings is 1. The van der Waals surface area contributed by atoms with Gasteiger partial charge in [-0.3, -0.25) is 0 Å². The molecule has 1 N–H and O–H groups in total. The molecular formula is C14H17NO. The Balaban J connectivity index is 1.98. The quantitative estimate of drug-likeness (QED) is 0.790. The van der Waals surface area contributed by atoms with Crippen molar-refractivity contribution in [2.75, 3.05) is 13.1 Å². The molecule has 84 valence electrons. The van der Waals surface area contributed by atoms with Crippen molar-refractivity contribution in [2.45, 2.75) is 19.3 Å². The first-order valence-electron chi connectivity index (χ1n) is 6.04.